The first-order valence-corrected chi connectivity index (χ1v) is 7.07. The fourth-order valence-corrected chi connectivity index (χ4v) is 3.11. The molecule has 0 radical (unpaired) electrons. The Morgan fingerprint density at radius 1 is 1.21 bits per heavy atom. The number of nitrogens with two attached hydrogens (primary N) is 1. The summed E-state index contributed by atoms with van der Waals surface area (Å²) in [6, 6.07) is 2.12. The van der Waals surface area contributed by atoms with Crippen molar-refractivity contribution in [2.24, 2.45) is 5.73 Å². The average Bonchev–Trinajstić information content (AvgIpc) is 2.83. The van der Waals surface area contributed by atoms with Crippen molar-refractivity contribution in [2.45, 2.75) is 27.2 Å². The largest absolute Gasteiger partial charge is 0.496 e. The molecule has 1 aromatic heterocycles. The lowest BCUT2D eigenvalue weighted by Gasteiger charge is -2.14. The lowest BCUT2D eigenvalue weighted by molar-refractivity contribution is 0.408. The van der Waals surface area contributed by atoms with Crippen molar-refractivity contribution in [3.63, 3.8) is 0 Å². The van der Waals surface area contributed by atoms with Crippen LogP contribution in [0.3, 0.4) is 0 Å². The molecular weight excluding hydrogens is 258 g/mol. The minimum absolute atomic E-state index is 0.605. The molecule has 0 aliphatic rings. The fraction of sp³-hybridized carbons (Fsp3) is 0.429. The summed E-state index contributed by atoms with van der Waals surface area (Å²) >= 11 is 1.61. The van der Waals surface area contributed by atoms with Crippen molar-refractivity contribution in [2.75, 3.05) is 13.7 Å². The Kier molecular flexibility index (Phi) is 4.17. The molecule has 0 aliphatic heterocycles. The second-order valence-corrected chi connectivity index (χ2v) is 5.63. The van der Waals surface area contributed by atoms with E-state index < -0.39 is 0 Å². The van der Waals surface area contributed by atoms with Gasteiger partial charge in [-0.3, -0.25) is 0 Å². The van der Waals surface area contributed by atoms with E-state index in [0.717, 1.165) is 38.9 Å². The molecule has 1 aromatic carbocycles. The van der Waals surface area contributed by atoms with Crippen LogP contribution in [0, 0.1) is 20.8 Å². The van der Waals surface area contributed by atoms with Gasteiger partial charge in [0.25, 0.3) is 0 Å². The maximum Gasteiger partial charge on any atom is 0.148 e. The number of rotatable bonds is 4. The number of ether oxygens (including phenoxy) is 1. The maximum absolute atomic E-state index is 5.55. The molecule has 0 aliphatic carbocycles. The van der Waals surface area contributed by atoms with Crippen LogP contribution in [0.25, 0.3) is 10.6 Å². The maximum atomic E-state index is 5.55. The predicted molar refractivity (Wildman–Crippen MR) is 78.9 cm³/mol. The molecule has 0 unspecified atom stereocenters. The van der Waals surface area contributed by atoms with Crippen molar-refractivity contribution >= 4 is 11.3 Å². The predicted octanol–water partition coefficient (Wildman–Crippen LogP) is 2.64. The van der Waals surface area contributed by atoms with E-state index in [1.54, 1.807) is 18.4 Å². The molecule has 0 fully saturated rings. The van der Waals surface area contributed by atoms with Gasteiger partial charge in [0.15, 0.2) is 0 Å². The molecule has 1 heterocycles. The van der Waals surface area contributed by atoms with Gasteiger partial charge in [-0.25, -0.2) is 0 Å². The molecule has 0 saturated heterocycles. The van der Waals surface area contributed by atoms with Crippen molar-refractivity contribution in [1.82, 2.24) is 10.2 Å². The number of benzene rings is 1. The molecule has 2 rings (SSSR count). The minimum atomic E-state index is 0.605. The molecule has 5 heteroatoms. The highest BCUT2D eigenvalue weighted by Crippen LogP contribution is 2.35. The second kappa shape index (κ2) is 5.67. The smallest absolute Gasteiger partial charge is 0.148 e. The Morgan fingerprint density at radius 3 is 2.58 bits per heavy atom. The summed E-state index contributed by atoms with van der Waals surface area (Å²) in [5, 5.41) is 10.4. The minimum Gasteiger partial charge on any atom is -0.496 e. The van der Waals surface area contributed by atoms with Crippen molar-refractivity contribution in [3.8, 4) is 16.3 Å². The highest BCUT2D eigenvalue weighted by Gasteiger charge is 2.15. The van der Waals surface area contributed by atoms with Crippen molar-refractivity contribution in [3.05, 3.63) is 27.8 Å². The van der Waals surface area contributed by atoms with Crippen LogP contribution in [-0.2, 0) is 6.42 Å². The van der Waals surface area contributed by atoms with Crippen LogP contribution in [0.2, 0.25) is 0 Å². The standard InChI is InChI=1S/C14H19N3OS/c1-8-7-11(9(2)10(3)13(8)18-4)14-17-16-12(19-14)5-6-15/h7H,5-6,15H2,1-4H3. The van der Waals surface area contributed by atoms with Crippen molar-refractivity contribution in [1.29, 1.82) is 0 Å². The van der Waals surface area contributed by atoms with Gasteiger partial charge in [-0.1, -0.05) is 11.3 Å². The SMILES string of the molecule is COc1c(C)cc(-c2nnc(CCN)s2)c(C)c1C. The highest BCUT2D eigenvalue weighted by atomic mass is 32.1. The Balaban J connectivity index is 2.50. The third-order valence-corrected chi connectivity index (χ3v) is 4.30. The molecule has 0 bridgehead atoms. The molecule has 19 heavy (non-hydrogen) atoms. The summed E-state index contributed by atoms with van der Waals surface area (Å²) in [6.07, 6.45) is 0.783. The monoisotopic (exact) mass is 277 g/mol. The summed E-state index contributed by atoms with van der Waals surface area (Å²) in [4.78, 5) is 0. The van der Waals surface area contributed by atoms with Crippen LogP contribution in [0.4, 0.5) is 0 Å². The lowest BCUT2D eigenvalue weighted by Crippen LogP contribution is -2.01. The van der Waals surface area contributed by atoms with Gasteiger partial charge < -0.3 is 10.5 Å². The van der Waals surface area contributed by atoms with Gasteiger partial charge in [0, 0.05) is 12.0 Å². The van der Waals surface area contributed by atoms with E-state index in [1.165, 1.54) is 5.56 Å². The molecular formula is C14H19N3OS. The van der Waals surface area contributed by atoms with Gasteiger partial charge in [0.2, 0.25) is 0 Å². The zero-order chi connectivity index (χ0) is 14.0. The number of nitrogens with zero attached hydrogens (tertiary/aromatic N) is 2. The van der Waals surface area contributed by atoms with Gasteiger partial charge in [0.05, 0.1) is 7.11 Å². The Labute approximate surface area is 117 Å². The van der Waals surface area contributed by atoms with Gasteiger partial charge in [0.1, 0.15) is 15.8 Å². The van der Waals surface area contributed by atoms with Crippen LogP contribution in [-0.4, -0.2) is 23.9 Å². The third kappa shape index (κ3) is 2.62. The summed E-state index contributed by atoms with van der Waals surface area (Å²) < 4.78 is 5.44. The van der Waals surface area contributed by atoms with Crippen LogP contribution >= 0.6 is 11.3 Å². The lowest BCUT2D eigenvalue weighted by atomic mass is 9.99. The van der Waals surface area contributed by atoms with E-state index in [1.807, 2.05) is 0 Å². The number of methoxy groups -OCH3 is 1. The number of aromatic nitrogens is 2. The third-order valence-electron chi connectivity index (χ3n) is 3.29. The molecule has 0 saturated carbocycles. The first-order valence-electron chi connectivity index (χ1n) is 6.26. The molecule has 102 valence electrons. The summed E-state index contributed by atoms with van der Waals surface area (Å²) in [5.41, 5.74) is 10.2. The topological polar surface area (TPSA) is 61.0 Å². The number of hydrogen-bond acceptors (Lipinski definition) is 5. The first kappa shape index (κ1) is 14.0. The van der Waals surface area contributed by atoms with Gasteiger partial charge in [-0.2, -0.15) is 0 Å². The highest BCUT2D eigenvalue weighted by molar-refractivity contribution is 7.14. The zero-order valence-corrected chi connectivity index (χ0v) is 12.6. The molecule has 4 nitrogen and oxygen atoms in total. The molecule has 0 atom stereocenters. The van der Waals surface area contributed by atoms with E-state index in [4.69, 9.17) is 10.5 Å². The molecule has 0 spiro atoms. The van der Waals surface area contributed by atoms with Gasteiger partial charge >= 0.3 is 0 Å². The van der Waals surface area contributed by atoms with Crippen LogP contribution in [0.5, 0.6) is 5.75 Å². The van der Waals surface area contributed by atoms with E-state index >= 15 is 0 Å². The number of aryl methyl sites for hydroxylation is 1. The average molecular weight is 277 g/mol. The van der Waals surface area contributed by atoms with E-state index in [9.17, 15) is 0 Å². The Morgan fingerprint density at radius 2 is 1.95 bits per heavy atom. The van der Waals surface area contributed by atoms with E-state index in [0.29, 0.717) is 6.54 Å². The Hall–Kier alpha value is -1.46. The first-order chi connectivity index (χ1) is 9.08. The van der Waals surface area contributed by atoms with Crippen LogP contribution in [0.15, 0.2) is 6.07 Å². The molecule has 2 N–H and O–H groups in total. The fourth-order valence-electron chi connectivity index (χ4n) is 2.18. The Bertz CT molecular complexity index is 593. The summed E-state index contributed by atoms with van der Waals surface area (Å²) in [6.45, 7) is 6.83. The number of hydrogen-bond donors (Lipinski definition) is 1. The molecule has 0 amide bonds. The van der Waals surface area contributed by atoms with E-state index in [2.05, 4.69) is 37.0 Å². The van der Waals surface area contributed by atoms with Gasteiger partial charge in [-0.15, -0.1) is 10.2 Å². The summed E-state index contributed by atoms with van der Waals surface area (Å²) in [5.74, 6) is 0.952. The van der Waals surface area contributed by atoms with Gasteiger partial charge in [-0.05, 0) is 50.1 Å². The molecule has 2 aromatic rings. The van der Waals surface area contributed by atoms with E-state index in [-0.39, 0.29) is 0 Å². The zero-order valence-electron chi connectivity index (χ0n) is 11.8. The quantitative estimate of drug-likeness (QED) is 0.933. The second-order valence-electron chi connectivity index (χ2n) is 4.56. The van der Waals surface area contributed by atoms with Crippen LogP contribution < -0.4 is 10.5 Å². The van der Waals surface area contributed by atoms with Crippen molar-refractivity contribution < 1.29 is 4.74 Å². The normalized spacial score (nSPS) is 10.8. The van der Waals surface area contributed by atoms with Crippen LogP contribution in [0.1, 0.15) is 21.7 Å². The summed E-state index contributed by atoms with van der Waals surface area (Å²) in [7, 11) is 1.71.